The molecule has 0 bridgehead atoms. The van der Waals surface area contributed by atoms with Gasteiger partial charge in [0, 0.05) is 12.0 Å². The molecular formula is C11H23NO. The third-order valence-corrected chi connectivity index (χ3v) is 2.20. The van der Waals surface area contributed by atoms with Gasteiger partial charge in [0.05, 0.1) is 0 Å². The molecule has 0 atom stereocenters. The van der Waals surface area contributed by atoms with E-state index in [4.69, 9.17) is 0 Å². The second-order valence-electron chi connectivity index (χ2n) is 4.24. The van der Waals surface area contributed by atoms with Crippen molar-refractivity contribution >= 4 is 5.91 Å². The maximum Gasteiger partial charge on any atom is 0.220 e. The third kappa shape index (κ3) is 6.62. The van der Waals surface area contributed by atoms with E-state index in [-0.39, 0.29) is 11.4 Å². The molecule has 2 heteroatoms. The predicted molar refractivity (Wildman–Crippen MR) is 56.7 cm³/mol. The zero-order valence-corrected chi connectivity index (χ0v) is 9.44. The maximum absolute atomic E-state index is 11.1. The van der Waals surface area contributed by atoms with Gasteiger partial charge in [0.1, 0.15) is 0 Å². The Balaban J connectivity index is 3.72. The Kier molecular flexibility index (Phi) is 5.76. The Bertz CT molecular complexity index is 152. The number of hydrogen-bond donors (Lipinski definition) is 1. The Morgan fingerprint density at radius 2 is 1.85 bits per heavy atom. The van der Waals surface area contributed by atoms with Crippen LogP contribution in [0.5, 0.6) is 0 Å². The zero-order valence-electron chi connectivity index (χ0n) is 9.44. The van der Waals surface area contributed by atoms with Crippen LogP contribution < -0.4 is 5.32 Å². The van der Waals surface area contributed by atoms with Gasteiger partial charge >= 0.3 is 0 Å². The summed E-state index contributed by atoms with van der Waals surface area (Å²) in [6, 6.07) is 0. The number of unbranched alkanes of at least 4 members (excludes halogenated alkanes) is 2. The monoisotopic (exact) mass is 185 g/mol. The van der Waals surface area contributed by atoms with Crippen molar-refractivity contribution < 1.29 is 4.79 Å². The molecule has 0 aliphatic rings. The van der Waals surface area contributed by atoms with Crippen molar-refractivity contribution in [3.8, 4) is 0 Å². The second-order valence-corrected chi connectivity index (χ2v) is 4.24. The lowest BCUT2D eigenvalue weighted by atomic mass is 9.96. The topological polar surface area (TPSA) is 29.1 Å². The van der Waals surface area contributed by atoms with Crippen molar-refractivity contribution in [1.82, 2.24) is 5.32 Å². The van der Waals surface area contributed by atoms with Crippen LogP contribution in [0.2, 0.25) is 0 Å². The Morgan fingerprint density at radius 1 is 1.23 bits per heavy atom. The van der Waals surface area contributed by atoms with Gasteiger partial charge in [-0.3, -0.25) is 4.79 Å². The lowest BCUT2D eigenvalue weighted by Crippen LogP contribution is -2.42. The summed E-state index contributed by atoms with van der Waals surface area (Å²) in [6.45, 7) is 8.27. The van der Waals surface area contributed by atoms with Crippen molar-refractivity contribution in [3.05, 3.63) is 0 Å². The highest BCUT2D eigenvalue weighted by molar-refractivity contribution is 5.76. The average Bonchev–Trinajstić information content (AvgIpc) is 2.03. The van der Waals surface area contributed by atoms with Gasteiger partial charge in [-0.25, -0.2) is 0 Å². The number of amides is 1. The summed E-state index contributed by atoms with van der Waals surface area (Å²) in [4.78, 5) is 11.1. The van der Waals surface area contributed by atoms with Crippen LogP contribution in [0.3, 0.4) is 0 Å². The van der Waals surface area contributed by atoms with E-state index in [1.165, 1.54) is 19.3 Å². The molecule has 78 valence electrons. The second kappa shape index (κ2) is 6.01. The molecule has 0 fully saturated rings. The minimum Gasteiger partial charge on any atom is -0.351 e. The first kappa shape index (κ1) is 12.5. The van der Waals surface area contributed by atoms with Crippen molar-refractivity contribution in [2.45, 2.75) is 65.3 Å². The van der Waals surface area contributed by atoms with E-state index in [2.05, 4.69) is 26.1 Å². The van der Waals surface area contributed by atoms with Gasteiger partial charge in [-0.2, -0.15) is 0 Å². The minimum atomic E-state index is -0.0255. The fraction of sp³-hybridized carbons (Fsp3) is 0.909. The van der Waals surface area contributed by atoms with Gasteiger partial charge in [0.15, 0.2) is 0 Å². The molecule has 2 nitrogen and oxygen atoms in total. The fourth-order valence-electron chi connectivity index (χ4n) is 1.35. The lowest BCUT2D eigenvalue weighted by molar-refractivity contribution is -0.122. The highest BCUT2D eigenvalue weighted by Gasteiger charge is 2.18. The van der Waals surface area contributed by atoms with Crippen LogP contribution in [0.15, 0.2) is 0 Å². The van der Waals surface area contributed by atoms with E-state index in [1.54, 1.807) is 0 Å². The molecule has 0 radical (unpaired) electrons. The van der Waals surface area contributed by atoms with Crippen LogP contribution in [0, 0.1) is 0 Å². The molecule has 13 heavy (non-hydrogen) atoms. The third-order valence-electron chi connectivity index (χ3n) is 2.20. The smallest absolute Gasteiger partial charge is 0.220 e. The SMILES string of the molecule is CCCCCC(C)(C)NC(=O)CC. The molecule has 0 rings (SSSR count). The average molecular weight is 185 g/mol. The van der Waals surface area contributed by atoms with Crippen LogP contribution >= 0.6 is 0 Å². The molecule has 1 N–H and O–H groups in total. The molecule has 0 heterocycles. The molecule has 0 saturated carbocycles. The molecule has 0 aromatic rings. The van der Waals surface area contributed by atoms with Crippen LogP contribution in [0.25, 0.3) is 0 Å². The quantitative estimate of drug-likeness (QED) is 0.633. The summed E-state index contributed by atoms with van der Waals surface area (Å²) in [5.74, 6) is 0.154. The molecular weight excluding hydrogens is 162 g/mol. The van der Waals surface area contributed by atoms with E-state index in [9.17, 15) is 4.79 Å². The van der Waals surface area contributed by atoms with Gasteiger partial charge in [-0.1, -0.05) is 33.1 Å². The first-order valence-electron chi connectivity index (χ1n) is 5.33. The largest absolute Gasteiger partial charge is 0.351 e. The van der Waals surface area contributed by atoms with Crippen molar-refractivity contribution in [2.75, 3.05) is 0 Å². The highest BCUT2D eigenvalue weighted by Crippen LogP contribution is 2.13. The lowest BCUT2D eigenvalue weighted by Gasteiger charge is -2.26. The van der Waals surface area contributed by atoms with Gasteiger partial charge in [-0.15, -0.1) is 0 Å². The molecule has 0 spiro atoms. The van der Waals surface area contributed by atoms with Crippen LogP contribution in [-0.4, -0.2) is 11.4 Å². The molecule has 0 aliphatic heterocycles. The van der Waals surface area contributed by atoms with Gasteiger partial charge in [0.25, 0.3) is 0 Å². The standard InChI is InChI=1S/C11H23NO/c1-5-7-8-9-11(3,4)12-10(13)6-2/h5-9H2,1-4H3,(H,12,13). The Hall–Kier alpha value is -0.530. The first-order chi connectivity index (χ1) is 6.02. The van der Waals surface area contributed by atoms with E-state index >= 15 is 0 Å². The number of rotatable bonds is 6. The number of nitrogens with one attached hydrogen (secondary N) is 1. The normalized spacial score (nSPS) is 11.4. The fourth-order valence-corrected chi connectivity index (χ4v) is 1.35. The molecule has 1 amide bonds. The molecule has 0 saturated heterocycles. The predicted octanol–water partition coefficient (Wildman–Crippen LogP) is 2.87. The molecule has 0 aromatic heterocycles. The number of hydrogen-bond acceptors (Lipinski definition) is 1. The van der Waals surface area contributed by atoms with Crippen LogP contribution in [0.1, 0.15) is 59.8 Å². The Morgan fingerprint density at radius 3 is 2.31 bits per heavy atom. The number of carbonyl (C=O) groups is 1. The van der Waals surface area contributed by atoms with E-state index in [1.807, 2.05) is 6.92 Å². The zero-order chi connectivity index (χ0) is 10.3. The summed E-state index contributed by atoms with van der Waals surface area (Å²) in [7, 11) is 0. The van der Waals surface area contributed by atoms with Crippen LogP contribution in [-0.2, 0) is 4.79 Å². The van der Waals surface area contributed by atoms with Crippen molar-refractivity contribution in [1.29, 1.82) is 0 Å². The van der Waals surface area contributed by atoms with Gasteiger partial charge < -0.3 is 5.32 Å². The van der Waals surface area contributed by atoms with E-state index < -0.39 is 0 Å². The van der Waals surface area contributed by atoms with Crippen molar-refractivity contribution in [2.24, 2.45) is 0 Å². The van der Waals surface area contributed by atoms with Crippen LogP contribution in [0.4, 0.5) is 0 Å². The molecule has 0 aromatic carbocycles. The summed E-state index contributed by atoms with van der Waals surface area (Å²) in [5, 5.41) is 3.03. The van der Waals surface area contributed by atoms with E-state index in [0.29, 0.717) is 6.42 Å². The Labute approximate surface area is 82.1 Å². The number of carbonyl (C=O) groups excluding carboxylic acids is 1. The highest BCUT2D eigenvalue weighted by atomic mass is 16.1. The molecule has 0 aliphatic carbocycles. The van der Waals surface area contributed by atoms with Gasteiger partial charge in [0.2, 0.25) is 5.91 Å². The summed E-state index contributed by atoms with van der Waals surface area (Å²) < 4.78 is 0. The van der Waals surface area contributed by atoms with Crippen molar-refractivity contribution in [3.63, 3.8) is 0 Å². The molecule has 0 unspecified atom stereocenters. The first-order valence-corrected chi connectivity index (χ1v) is 5.33. The summed E-state index contributed by atoms with van der Waals surface area (Å²) >= 11 is 0. The van der Waals surface area contributed by atoms with E-state index in [0.717, 1.165) is 6.42 Å². The summed E-state index contributed by atoms with van der Waals surface area (Å²) in [5.41, 5.74) is -0.0255. The maximum atomic E-state index is 11.1. The van der Waals surface area contributed by atoms with Gasteiger partial charge in [-0.05, 0) is 20.3 Å². The summed E-state index contributed by atoms with van der Waals surface area (Å²) in [6.07, 6.45) is 5.35. The minimum absolute atomic E-state index is 0.0255.